The van der Waals surface area contributed by atoms with Gasteiger partial charge in [-0.25, -0.2) is 0 Å². The first-order valence-electron chi connectivity index (χ1n) is 7.90. The number of hydrogen-bond donors (Lipinski definition) is 0. The van der Waals surface area contributed by atoms with E-state index < -0.39 is 0 Å². The predicted molar refractivity (Wildman–Crippen MR) is 88.5 cm³/mol. The molecule has 0 atom stereocenters. The molecule has 0 saturated carbocycles. The molecule has 4 nitrogen and oxygen atoms in total. The standard InChI is InChI=1S/C19H20N2O2/c1-2-3-4-17-14-21(15-17)19(22)18-7-5-16(6-8-18)13-20-9-11-23-12-10-20/h1,5-8,17H,9-15H2. The first-order valence-corrected chi connectivity index (χ1v) is 7.90. The number of terminal acetylenes is 1. The average Bonchev–Trinajstić information content (AvgIpc) is 2.55. The van der Waals surface area contributed by atoms with Crippen LogP contribution in [0.3, 0.4) is 0 Å². The van der Waals surface area contributed by atoms with E-state index in [-0.39, 0.29) is 11.8 Å². The van der Waals surface area contributed by atoms with Crippen molar-refractivity contribution in [2.75, 3.05) is 39.4 Å². The first-order chi connectivity index (χ1) is 11.3. The third-order valence-electron chi connectivity index (χ3n) is 4.23. The summed E-state index contributed by atoms with van der Waals surface area (Å²) in [6.45, 7) is 5.78. The fourth-order valence-corrected chi connectivity index (χ4v) is 2.83. The van der Waals surface area contributed by atoms with E-state index in [1.807, 2.05) is 29.2 Å². The molecule has 2 aliphatic heterocycles. The van der Waals surface area contributed by atoms with Crippen LogP contribution < -0.4 is 0 Å². The second kappa shape index (κ2) is 7.33. The van der Waals surface area contributed by atoms with Crippen molar-refractivity contribution in [3.05, 3.63) is 35.4 Å². The highest BCUT2D eigenvalue weighted by molar-refractivity contribution is 5.94. The Kier molecular flexibility index (Phi) is 4.98. The quantitative estimate of drug-likeness (QED) is 0.787. The zero-order valence-electron chi connectivity index (χ0n) is 13.1. The molecule has 1 aromatic carbocycles. The summed E-state index contributed by atoms with van der Waals surface area (Å²) in [6, 6.07) is 7.91. The Labute approximate surface area is 137 Å². The number of nitrogens with zero attached hydrogens (tertiary/aromatic N) is 2. The Balaban J connectivity index is 1.53. The number of amides is 1. The number of carbonyl (C=O) groups is 1. The van der Waals surface area contributed by atoms with E-state index >= 15 is 0 Å². The smallest absolute Gasteiger partial charge is 0.253 e. The molecule has 3 rings (SSSR count). The summed E-state index contributed by atoms with van der Waals surface area (Å²) < 4.78 is 5.35. The molecule has 118 valence electrons. The van der Waals surface area contributed by atoms with Crippen LogP contribution in [0.5, 0.6) is 0 Å². The van der Waals surface area contributed by atoms with E-state index in [9.17, 15) is 4.79 Å². The lowest BCUT2D eigenvalue weighted by Gasteiger charge is -2.36. The topological polar surface area (TPSA) is 32.8 Å². The van der Waals surface area contributed by atoms with Crippen molar-refractivity contribution in [2.45, 2.75) is 6.54 Å². The van der Waals surface area contributed by atoms with Crippen molar-refractivity contribution < 1.29 is 9.53 Å². The van der Waals surface area contributed by atoms with Gasteiger partial charge in [0.15, 0.2) is 0 Å². The van der Waals surface area contributed by atoms with Gasteiger partial charge in [0.1, 0.15) is 0 Å². The van der Waals surface area contributed by atoms with Crippen molar-refractivity contribution in [1.29, 1.82) is 0 Å². The van der Waals surface area contributed by atoms with Crippen molar-refractivity contribution in [3.63, 3.8) is 0 Å². The van der Waals surface area contributed by atoms with Gasteiger partial charge >= 0.3 is 0 Å². The van der Waals surface area contributed by atoms with E-state index in [1.165, 1.54) is 5.56 Å². The second-order valence-corrected chi connectivity index (χ2v) is 5.91. The molecule has 4 heteroatoms. The van der Waals surface area contributed by atoms with Gasteiger partial charge in [-0.3, -0.25) is 9.69 Å². The number of morpholine rings is 1. The summed E-state index contributed by atoms with van der Waals surface area (Å²) in [5.41, 5.74) is 1.96. The van der Waals surface area contributed by atoms with Crippen LogP contribution in [0.2, 0.25) is 0 Å². The van der Waals surface area contributed by atoms with Crippen molar-refractivity contribution in [1.82, 2.24) is 9.80 Å². The van der Waals surface area contributed by atoms with Gasteiger partial charge in [-0.05, 0) is 29.5 Å². The molecule has 23 heavy (non-hydrogen) atoms. The normalized spacial score (nSPS) is 18.5. The molecule has 0 bridgehead atoms. The summed E-state index contributed by atoms with van der Waals surface area (Å²) in [6.07, 6.45) is 5.11. The SMILES string of the molecule is C#CC#CC1CN(C(=O)c2ccc(CN3CCOCC3)cc2)C1. The van der Waals surface area contributed by atoms with Gasteiger partial charge in [-0.1, -0.05) is 18.1 Å². The zero-order valence-corrected chi connectivity index (χ0v) is 13.1. The molecule has 1 aromatic rings. The van der Waals surface area contributed by atoms with Gasteiger partial charge in [0, 0.05) is 38.3 Å². The molecule has 2 saturated heterocycles. The van der Waals surface area contributed by atoms with E-state index in [0.717, 1.165) is 38.4 Å². The average molecular weight is 308 g/mol. The summed E-state index contributed by atoms with van der Waals surface area (Å²) >= 11 is 0. The lowest BCUT2D eigenvalue weighted by atomic mass is 9.99. The molecule has 0 radical (unpaired) electrons. The first kappa shape index (κ1) is 15.6. The van der Waals surface area contributed by atoms with Gasteiger partial charge in [-0.2, -0.15) is 0 Å². The van der Waals surface area contributed by atoms with Crippen LogP contribution in [-0.4, -0.2) is 55.1 Å². The Morgan fingerprint density at radius 2 is 1.91 bits per heavy atom. The summed E-state index contributed by atoms with van der Waals surface area (Å²) in [5.74, 6) is 8.18. The molecule has 0 N–H and O–H groups in total. The van der Waals surface area contributed by atoms with Gasteiger partial charge in [0.05, 0.1) is 19.1 Å². The van der Waals surface area contributed by atoms with E-state index in [4.69, 9.17) is 11.2 Å². The Morgan fingerprint density at radius 1 is 1.22 bits per heavy atom. The fourth-order valence-electron chi connectivity index (χ4n) is 2.83. The molecule has 2 heterocycles. The van der Waals surface area contributed by atoms with Crippen LogP contribution in [-0.2, 0) is 11.3 Å². The molecule has 1 amide bonds. The van der Waals surface area contributed by atoms with Crippen LogP contribution in [0.1, 0.15) is 15.9 Å². The van der Waals surface area contributed by atoms with Crippen molar-refractivity contribution in [3.8, 4) is 24.2 Å². The predicted octanol–water partition coefficient (Wildman–Crippen LogP) is 1.23. The molecule has 0 spiro atoms. The highest BCUT2D eigenvalue weighted by atomic mass is 16.5. The zero-order chi connectivity index (χ0) is 16.1. The molecule has 0 aromatic heterocycles. The van der Waals surface area contributed by atoms with Gasteiger partial charge < -0.3 is 9.64 Å². The molecule has 0 aliphatic carbocycles. The van der Waals surface area contributed by atoms with Crippen LogP contribution in [0.25, 0.3) is 0 Å². The third kappa shape index (κ3) is 3.93. The maximum atomic E-state index is 12.4. The van der Waals surface area contributed by atoms with Crippen molar-refractivity contribution in [2.24, 2.45) is 5.92 Å². The maximum absolute atomic E-state index is 12.4. The maximum Gasteiger partial charge on any atom is 0.253 e. The lowest BCUT2D eigenvalue weighted by Crippen LogP contribution is -2.49. The van der Waals surface area contributed by atoms with Crippen LogP contribution >= 0.6 is 0 Å². The number of rotatable bonds is 3. The second-order valence-electron chi connectivity index (χ2n) is 5.91. The summed E-state index contributed by atoms with van der Waals surface area (Å²) in [7, 11) is 0. The number of hydrogen-bond acceptors (Lipinski definition) is 3. The number of benzene rings is 1. The summed E-state index contributed by atoms with van der Waals surface area (Å²) in [5, 5.41) is 0. The lowest BCUT2D eigenvalue weighted by molar-refractivity contribution is 0.0342. The number of carbonyl (C=O) groups excluding carboxylic acids is 1. The van der Waals surface area contributed by atoms with Gasteiger partial charge in [0.2, 0.25) is 0 Å². The molecule has 0 unspecified atom stereocenters. The van der Waals surface area contributed by atoms with Crippen LogP contribution in [0.15, 0.2) is 24.3 Å². The molecule has 2 aliphatic rings. The molecule has 2 fully saturated rings. The minimum Gasteiger partial charge on any atom is -0.379 e. The van der Waals surface area contributed by atoms with Crippen molar-refractivity contribution >= 4 is 5.91 Å². The molecular formula is C19H20N2O2. The Bertz CT molecular complexity index is 651. The minimum absolute atomic E-state index is 0.0710. The summed E-state index contributed by atoms with van der Waals surface area (Å²) in [4.78, 5) is 16.5. The van der Waals surface area contributed by atoms with E-state index in [0.29, 0.717) is 13.1 Å². The largest absolute Gasteiger partial charge is 0.379 e. The fraction of sp³-hybridized carbons (Fsp3) is 0.421. The Hall–Kier alpha value is -2.27. The van der Waals surface area contributed by atoms with Gasteiger partial charge in [-0.15, -0.1) is 6.42 Å². The third-order valence-corrected chi connectivity index (χ3v) is 4.23. The van der Waals surface area contributed by atoms with Crippen LogP contribution in [0, 0.1) is 30.1 Å². The molecular weight excluding hydrogens is 288 g/mol. The van der Waals surface area contributed by atoms with E-state index in [2.05, 4.69) is 22.7 Å². The van der Waals surface area contributed by atoms with Gasteiger partial charge in [0.25, 0.3) is 5.91 Å². The monoisotopic (exact) mass is 308 g/mol. The highest BCUT2D eigenvalue weighted by Crippen LogP contribution is 2.18. The van der Waals surface area contributed by atoms with Crippen LogP contribution in [0.4, 0.5) is 0 Å². The van der Waals surface area contributed by atoms with E-state index in [1.54, 1.807) is 0 Å². The minimum atomic E-state index is 0.0710. The number of likely N-dealkylation sites (tertiary alicyclic amines) is 1. The highest BCUT2D eigenvalue weighted by Gasteiger charge is 2.29. The number of ether oxygens (including phenoxy) is 1. The Morgan fingerprint density at radius 3 is 2.57 bits per heavy atom.